The van der Waals surface area contributed by atoms with E-state index in [1.807, 2.05) is 13.1 Å². The van der Waals surface area contributed by atoms with Crippen LogP contribution in [0.4, 0.5) is 5.82 Å². The molecule has 0 amide bonds. The Kier molecular flexibility index (Phi) is 5.87. The highest BCUT2D eigenvalue weighted by molar-refractivity contribution is 5.88. The topological polar surface area (TPSA) is 55.9 Å². The van der Waals surface area contributed by atoms with Crippen molar-refractivity contribution in [1.82, 2.24) is 9.88 Å². The molecule has 0 unspecified atom stereocenters. The van der Waals surface area contributed by atoms with Crippen molar-refractivity contribution in [2.24, 2.45) is 5.92 Å². The Balaban J connectivity index is 1.67. The SMILES string of the molecule is CNc1cc(C2CCOCC2)c2cc(OC)c(OC[C@@H]3CCN(C)C3)cc2n1. The third-order valence-corrected chi connectivity index (χ3v) is 6.01. The second-order valence-corrected chi connectivity index (χ2v) is 7.98. The molecule has 3 heterocycles. The highest BCUT2D eigenvalue weighted by Crippen LogP contribution is 2.39. The Morgan fingerprint density at radius 2 is 2.00 bits per heavy atom. The molecule has 2 saturated heterocycles. The van der Waals surface area contributed by atoms with Crippen LogP contribution in [0.3, 0.4) is 0 Å². The fourth-order valence-corrected chi connectivity index (χ4v) is 4.38. The number of pyridine rings is 1. The number of rotatable bonds is 6. The number of anilines is 1. The molecule has 6 heteroatoms. The second kappa shape index (κ2) is 8.53. The monoisotopic (exact) mass is 385 g/mol. The zero-order chi connectivity index (χ0) is 19.5. The number of ether oxygens (including phenoxy) is 3. The molecule has 1 aromatic heterocycles. The van der Waals surface area contributed by atoms with Crippen molar-refractivity contribution in [2.45, 2.75) is 25.2 Å². The zero-order valence-corrected chi connectivity index (χ0v) is 17.2. The minimum atomic E-state index is 0.483. The summed E-state index contributed by atoms with van der Waals surface area (Å²) in [7, 11) is 5.79. The van der Waals surface area contributed by atoms with Gasteiger partial charge in [0.25, 0.3) is 0 Å². The van der Waals surface area contributed by atoms with Crippen LogP contribution in [0.2, 0.25) is 0 Å². The average Bonchev–Trinajstić information content (AvgIpc) is 3.16. The molecule has 0 radical (unpaired) electrons. The Morgan fingerprint density at radius 3 is 2.68 bits per heavy atom. The van der Waals surface area contributed by atoms with Gasteiger partial charge >= 0.3 is 0 Å². The summed E-state index contributed by atoms with van der Waals surface area (Å²) >= 11 is 0. The predicted octanol–water partition coefficient (Wildman–Crippen LogP) is 3.51. The normalized spacial score (nSPS) is 21.2. The predicted molar refractivity (Wildman–Crippen MR) is 112 cm³/mol. The van der Waals surface area contributed by atoms with Crippen LogP contribution in [0.25, 0.3) is 10.9 Å². The zero-order valence-electron chi connectivity index (χ0n) is 17.2. The lowest BCUT2D eigenvalue weighted by atomic mass is 9.89. The smallest absolute Gasteiger partial charge is 0.163 e. The van der Waals surface area contributed by atoms with Gasteiger partial charge in [-0.25, -0.2) is 4.98 Å². The van der Waals surface area contributed by atoms with E-state index in [4.69, 9.17) is 19.2 Å². The summed E-state index contributed by atoms with van der Waals surface area (Å²) in [4.78, 5) is 7.14. The molecule has 6 nitrogen and oxygen atoms in total. The van der Waals surface area contributed by atoms with Crippen LogP contribution in [-0.4, -0.2) is 64.0 Å². The van der Waals surface area contributed by atoms with E-state index < -0.39 is 0 Å². The van der Waals surface area contributed by atoms with Crippen molar-refractivity contribution in [3.05, 3.63) is 23.8 Å². The maximum atomic E-state index is 6.20. The highest BCUT2D eigenvalue weighted by atomic mass is 16.5. The van der Waals surface area contributed by atoms with Gasteiger partial charge in [-0.05, 0) is 56.5 Å². The van der Waals surface area contributed by atoms with E-state index in [0.29, 0.717) is 18.4 Å². The summed E-state index contributed by atoms with van der Waals surface area (Å²) in [6.45, 7) is 4.58. The maximum absolute atomic E-state index is 6.20. The molecule has 0 bridgehead atoms. The first-order valence-electron chi connectivity index (χ1n) is 10.3. The molecular weight excluding hydrogens is 354 g/mol. The number of benzene rings is 1. The van der Waals surface area contributed by atoms with E-state index in [9.17, 15) is 0 Å². The second-order valence-electron chi connectivity index (χ2n) is 7.98. The molecule has 2 aromatic rings. The molecule has 152 valence electrons. The molecule has 1 atom stereocenters. The van der Waals surface area contributed by atoms with Crippen LogP contribution < -0.4 is 14.8 Å². The maximum Gasteiger partial charge on any atom is 0.163 e. The minimum Gasteiger partial charge on any atom is -0.493 e. The molecule has 4 rings (SSSR count). The van der Waals surface area contributed by atoms with Crippen molar-refractivity contribution in [3.8, 4) is 11.5 Å². The van der Waals surface area contributed by atoms with Crippen molar-refractivity contribution >= 4 is 16.7 Å². The van der Waals surface area contributed by atoms with E-state index in [0.717, 1.165) is 67.4 Å². The van der Waals surface area contributed by atoms with Gasteiger partial charge in [-0.2, -0.15) is 0 Å². The number of hydrogen-bond acceptors (Lipinski definition) is 6. The van der Waals surface area contributed by atoms with E-state index in [1.165, 1.54) is 12.0 Å². The standard InChI is InChI=1S/C22H31N3O3/c1-23-22-11-17(16-5-8-27-9-6-16)18-10-20(26-3)21(12-19(18)24-22)28-14-15-4-7-25(2)13-15/h10-12,15-16H,4-9,13-14H2,1-3H3,(H,23,24)/t15-/m1/s1. The third kappa shape index (κ3) is 4.03. The molecule has 0 aliphatic carbocycles. The lowest BCUT2D eigenvalue weighted by Gasteiger charge is -2.24. The van der Waals surface area contributed by atoms with Gasteiger partial charge in [0.05, 0.1) is 19.2 Å². The quantitative estimate of drug-likeness (QED) is 0.821. The Morgan fingerprint density at radius 1 is 1.18 bits per heavy atom. The number of nitrogens with zero attached hydrogens (tertiary/aromatic N) is 2. The molecule has 2 aliphatic rings. The fourth-order valence-electron chi connectivity index (χ4n) is 4.38. The van der Waals surface area contributed by atoms with Crippen LogP contribution in [0, 0.1) is 5.92 Å². The summed E-state index contributed by atoms with van der Waals surface area (Å²) in [6, 6.07) is 6.31. The average molecular weight is 386 g/mol. The number of likely N-dealkylation sites (tertiary alicyclic amines) is 1. The van der Waals surface area contributed by atoms with Crippen molar-refractivity contribution in [1.29, 1.82) is 0 Å². The summed E-state index contributed by atoms with van der Waals surface area (Å²) in [5.74, 6) is 3.51. The molecular formula is C22H31N3O3. The Hall–Kier alpha value is -2.05. The number of hydrogen-bond donors (Lipinski definition) is 1. The highest BCUT2D eigenvalue weighted by Gasteiger charge is 2.23. The molecule has 0 saturated carbocycles. The van der Waals surface area contributed by atoms with Crippen molar-refractivity contribution in [3.63, 3.8) is 0 Å². The van der Waals surface area contributed by atoms with Gasteiger partial charge in [-0.3, -0.25) is 0 Å². The van der Waals surface area contributed by atoms with Gasteiger partial charge in [-0.15, -0.1) is 0 Å². The summed E-state index contributed by atoms with van der Waals surface area (Å²) in [5, 5.41) is 4.36. The number of fused-ring (bicyclic) bond motifs is 1. The van der Waals surface area contributed by atoms with Crippen molar-refractivity contribution < 1.29 is 14.2 Å². The summed E-state index contributed by atoms with van der Waals surface area (Å²) < 4.78 is 17.4. The number of aromatic nitrogens is 1. The first kappa shape index (κ1) is 19.3. The van der Waals surface area contributed by atoms with E-state index >= 15 is 0 Å². The largest absolute Gasteiger partial charge is 0.493 e. The van der Waals surface area contributed by atoms with Crippen LogP contribution >= 0.6 is 0 Å². The van der Waals surface area contributed by atoms with Gasteiger partial charge < -0.3 is 24.4 Å². The van der Waals surface area contributed by atoms with Crippen LogP contribution in [0.1, 0.15) is 30.7 Å². The fraction of sp³-hybridized carbons (Fsp3) is 0.591. The van der Waals surface area contributed by atoms with Crippen LogP contribution in [0.5, 0.6) is 11.5 Å². The summed E-state index contributed by atoms with van der Waals surface area (Å²) in [6.07, 6.45) is 3.26. The number of nitrogens with one attached hydrogen (secondary N) is 1. The van der Waals surface area contributed by atoms with Gasteiger partial charge in [0.15, 0.2) is 11.5 Å². The Bertz CT molecular complexity index is 820. The molecule has 1 N–H and O–H groups in total. The van der Waals surface area contributed by atoms with E-state index in [2.05, 4.69) is 29.4 Å². The number of methoxy groups -OCH3 is 1. The van der Waals surface area contributed by atoms with Crippen LogP contribution in [-0.2, 0) is 4.74 Å². The summed E-state index contributed by atoms with van der Waals surface area (Å²) in [5.41, 5.74) is 2.27. The lowest BCUT2D eigenvalue weighted by molar-refractivity contribution is 0.0856. The third-order valence-electron chi connectivity index (χ3n) is 6.01. The molecule has 2 fully saturated rings. The van der Waals surface area contributed by atoms with Crippen LogP contribution in [0.15, 0.2) is 18.2 Å². The molecule has 2 aliphatic heterocycles. The van der Waals surface area contributed by atoms with Gasteiger partial charge in [0, 0.05) is 44.2 Å². The first-order valence-corrected chi connectivity index (χ1v) is 10.3. The van der Waals surface area contributed by atoms with E-state index in [-0.39, 0.29) is 0 Å². The van der Waals surface area contributed by atoms with Gasteiger partial charge in [0.2, 0.25) is 0 Å². The van der Waals surface area contributed by atoms with E-state index in [1.54, 1.807) is 7.11 Å². The molecule has 0 spiro atoms. The Labute approximate surface area is 167 Å². The lowest BCUT2D eigenvalue weighted by Crippen LogP contribution is -2.18. The first-order chi connectivity index (χ1) is 13.7. The molecule has 28 heavy (non-hydrogen) atoms. The van der Waals surface area contributed by atoms with Gasteiger partial charge in [-0.1, -0.05) is 0 Å². The minimum absolute atomic E-state index is 0.483. The van der Waals surface area contributed by atoms with Gasteiger partial charge in [0.1, 0.15) is 5.82 Å². The van der Waals surface area contributed by atoms with Crippen molar-refractivity contribution in [2.75, 3.05) is 59.4 Å². The molecule has 1 aromatic carbocycles.